The first kappa shape index (κ1) is 13.7. The summed E-state index contributed by atoms with van der Waals surface area (Å²) in [6.45, 7) is 4.78. The van der Waals surface area contributed by atoms with Crippen LogP contribution in [0.5, 0.6) is 0 Å². The SMILES string of the molecule is CCOCCNCc1nc(Cc2ccccc2)no1. The molecular formula is C14H19N3O2. The van der Waals surface area contributed by atoms with E-state index < -0.39 is 0 Å². The van der Waals surface area contributed by atoms with Crippen LogP contribution >= 0.6 is 0 Å². The fourth-order valence-electron chi connectivity index (χ4n) is 1.70. The Morgan fingerprint density at radius 1 is 1.26 bits per heavy atom. The Morgan fingerprint density at radius 3 is 2.89 bits per heavy atom. The van der Waals surface area contributed by atoms with Gasteiger partial charge in [-0.3, -0.25) is 0 Å². The number of hydrogen-bond donors (Lipinski definition) is 1. The summed E-state index contributed by atoms with van der Waals surface area (Å²) in [5.41, 5.74) is 1.18. The average molecular weight is 261 g/mol. The minimum Gasteiger partial charge on any atom is -0.380 e. The van der Waals surface area contributed by atoms with E-state index in [1.165, 1.54) is 5.56 Å². The number of ether oxygens (including phenoxy) is 1. The highest BCUT2D eigenvalue weighted by Crippen LogP contribution is 2.06. The van der Waals surface area contributed by atoms with E-state index in [4.69, 9.17) is 9.26 Å². The van der Waals surface area contributed by atoms with E-state index in [1.807, 2.05) is 25.1 Å². The summed E-state index contributed by atoms with van der Waals surface area (Å²) in [7, 11) is 0. The smallest absolute Gasteiger partial charge is 0.240 e. The Morgan fingerprint density at radius 2 is 2.11 bits per heavy atom. The topological polar surface area (TPSA) is 60.2 Å². The van der Waals surface area contributed by atoms with Crippen molar-refractivity contribution in [2.45, 2.75) is 19.9 Å². The Labute approximate surface area is 113 Å². The third kappa shape index (κ3) is 4.81. The van der Waals surface area contributed by atoms with Crippen molar-refractivity contribution in [3.05, 3.63) is 47.6 Å². The zero-order valence-electron chi connectivity index (χ0n) is 11.1. The molecule has 19 heavy (non-hydrogen) atoms. The highest BCUT2D eigenvalue weighted by molar-refractivity contribution is 5.18. The van der Waals surface area contributed by atoms with Gasteiger partial charge in [-0.1, -0.05) is 35.5 Å². The maximum absolute atomic E-state index is 5.23. The lowest BCUT2D eigenvalue weighted by Crippen LogP contribution is -2.19. The van der Waals surface area contributed by atoms with Crippen molar-refractivity contribution >= 4 is 0 Å². The molecule has 1 aromatic heterocycles. The van der Waals surface area contributed by atoms with E-state index >= 15 is 0 Å². The zero-order valence-corrected chi connectivity index (χ0v) is 11.1. The second kappa shape index (κ2) is 7.66. The van der Waals surface area contributed by atoms with Crippen molar-refractivity contribution in [2.24, 2.45) is 0 Å². The number of nitrogens with one attached hydrogen (secondary N) is 1. The average Bonchev–Trinajstić information content (AvgIpc) is 2.87. The van der Waals surface area contributed by atoms with Gasteiger partial charge in [0.15, 0.2) is 5.82 Å². The molecule has 1 N–H and O–H groups in total. The number of nitrogens with zero attached hydrogens (tertiary/aromatic N) is 2. The minimum absolute atomic E-state index is 0.578. The van der Waals surface area contributed by atoms with Crippen LogP contribution in [-0.4, -0.2) is 29.9 Å². The largest absolute Gasteiger partial charge is 0.380 e. The summed E-state index contributed by atoms with van der Waals surface area (Å²) in [5.74, 6) is 1.33. The van der Waals surface area contributed by atoms with Crippen LogP contribution in [0.4, 0.5) is 0 Å². The van der Waals surface area contributed by atoms with Gasteiger partial charge in [0.2, 0.25) is 5.89 Å². The van der Waals surface area contributed by atoms with Gasteiger partial charge in [-0.2, -0.15) is 4.98 Å². The predicted molar refractivity (Wildman–Crippen MR) is 71.7 cm³/mol. The molecule has 2 rings (SSSR count). The predicted octanol–water partition coefficient (Wildman–Crippen LogP) is 1.79. The molecule has 1 heterocycles. The lowest BCUT2D eigenvalue weighted by molar-refractivity contribution is 0.148. The first-order valence-electron chi connectivity index (χ1n) is 6.52. The maximum Gasteiger partial charge on any atom is 0.240 e. The Kier molecular flexibility index (Phi) is 5.52. The number of benzene rings is 1. The van der Waals surface area contributed by atoms with Crippen molar-refractivity contribution in [3.63, 3.8) is 0 Å². The van der Waals surface area contributed by atoms with Crippen LogP contribution in [0.25, 0.3) is 0 Å². The van der Waals surface area contributed by atoms with Gasteiger partial charge in [-0.05, 0) is 12.5 Å². The second-order valence-corrected chi connectivity index (χ2v) is 4.14. The molecule has 0 unspecified atom stereocenters. The third-order valence-corrected chi connectivity index (χ3v) is 2.62. The number of aromatic nitrogens is 2. The van der Waals surface area contributed by atoms with Gasteiger partial charge in [0, 0.05) is 19.6 Å². The standard InChI is InChI=1S/C14H19N3O2/c1-2-18-9-8-15-11-14-16-13(17-19-14)10-12-6-4-3-5-7-12/h3-7,15H,2,8-11H2,1H3. The first-order chi connectivity index (χ1) is 9.38. The molecule has 0 saturated heterocycles. The van der Waals surface area contributed by atoms with E-state index in [9.17, 15) is 0 Å². The highest BCUT2D eigenvalue weighted by Gasteiger charge is 2.06. The van der Waals surface area contributed by atoms with Crippen LogP contribution < -0.4 is 5.32 Å². The van der Waals surface area contributed by atoms with Gasteiger partial charge in [-0.25, -0.2) is 0 Å². The molecule has 0 aliphatic heterocycles. The molecule has 0 amide bonds. The van der Waals surface area contributed by atoms with Gasteiger partial charge in [0.05, 0.1) is 13.2 Å². The van der Waals surface area contributed by atoms with E-state index in [-0.39, 0.29) is 0 Å². The molecule has 102 valence electrons. The fraction of sp³-hybridized carbons (Fsp3) is 0.429. The minimum atomic E-state index is 0.578. The summed E-state index contributed by atoms with van der Waals surface area (Å²) >= 11 is 0. The molecule has 0 aliphatic rings. The lowest BCUT2D eigenvalue weighted by Gasteiger charge is -2.00. The van der Waals surface area contributed by atoms with Gasteiger partial charge in [0.25, 0.3) is 0 Å². The number of hydrogen-bond acceptors (Lipinski definition) is 5. The van der Waals surface area contributed by atoms with Gasteiger partial charge >= 0.3 is 0 Å². The molecule has 0 spiro atoms. The summed E-state index contributed by atoms with van der Waals surface area (Å²) in [4.78, 5) is 4.34. The summed E-state index contributed by atoms with van der Waals surface area (Å²) < 4.78 is 10.4. The monoisotopic (exact) mass is 261 g/mol. The van der Waals surface area contributed by atoms with Crippen molar-refractivity contribution < 1.29 is 9.26 Å². The normalized spacial score (nSPS) is 10.8. The van der Waals surface area contributed by atoms with Crippen molar-refractivity contribution in [3.8, 4) is 0 Å². The van der Waals surface area contributed by atoms with Crippen molar-refractivity contribution in [1.82, 2.24) is 15.5 Å². The van der Waals surface area contributed by atoms with Crippen LogP contribution in [0.3, 0.4) is 0 Å². The highest BCUT2D eigenvalue weighted by atomic mass is 16.5. The van der Waals surface area contributed by atoms with Crippen LogP contribution in [0.15, 0.2) is 34.9 Å². The van der Waals surface area contributed by atoms with Crippen LogP contribution in [0, 0.1) is 0 Å². The molecule has 5 heteroatoms. The maximum atomic E-state index is 5.23. The van der Waals surface area contributed by atoms with Crippen LogP contribution in [0.1, 0.15) is 24.2 Å². The Balaban J connectivity index is 1.76. The summed E-state index contributed by atoms with van der Waals surface area (Å²) in [5, 5.41) is 7.16. The van der Waals surface area contributed by atoms with Crippen LogP contribution in [0.2, 0.25) is 0 Å². The Bertz CT molecular complexity index is 471. The molecule has 0 bridgehead atoms. The molecule has 0 fully saturated rings. The number of rotatable bonds is 8. The van der Waals surface area contributed by atoms with E-state index in [0.29, 0.717) is 31.3 Å². The molecular weight excluding hydrogens is 242 g/mol. The fourth-order valence-corrected chi connectivity index (χ4v) is 1.70. The zero-order chi connectivity index (χ0) is 13.3. The van der Waals surface area contributed by atoms with E-state index in [0.717, 1.165) is 13.2 Å². The molecule has 1 aromatic carbocycles. The van der Waals surface area contributed by atoms with Gasteiger partial charge in [-0.15, -0.1) is 0 Å². The molecule has 0 saturated carbocycles. The van der Waals surface area contributed by atoms with Gasteiger partial charge in [0.1, 0.15) is 0 Å². The van der Waals surface area contributed by atoms with E-state index in [1.54, 1.807) is 0 Å². The first-order valence-corrected chi connectivity index (χ1v) is 6.52. The molecule has 5 nitrogen and oxygen atoms in total. The van der Waals surface area contributed by atoms with Crippen molar-refractivity contribution in [1.29, 1.82) is 0 Å². The van der Waals surface area contributed by atoms with E-state index in [2.05, 4.69) is 27.6 Å². The molecule has 0 radical (unpaired) electrons. The van der Waals surface area contributed by atoms with Crippen LogP contribution in [-0.2, 0) is 17.7 Å². The van der Waals surface area contributed by atoms with Gasteiger partial charge < -0.3 is 14.6 Å². The quantitative estimate of drug-likeness (QED) is 0.734. The molecule has 0 atom stereocenters. The summed E-state index contributed by atoms with van der Waals surface area (Å²) in [6.07, 6.45) is 0.698. The Hall–Kier alpha value is -1.72. The molecule has 0 aliphatic carbocycles. The molecule has 2 aromatic rings. The second-order valence-electron chi connectivity index (χ2n) is 4.14. The summed E-state index contributed by atoms with van der Waals surface area (Å²) in [6, 6.07) is 10.1. The van der Waals surface area contributed by atoms with Crippen molar-refractivity contribution in [2.75, 3.05) is 19.8 Å². The lowest BCUT2D eigenvalue weighted by atomic mass is 10.1. The third-order valence-electron chi connectivity index (χ3n) is 2.62.